The molecule has 0 spiro atoms. The number of halogens is 1. The molecule has 2 aromatic rings. The van der Waals surface area contributed by atoms with Crippen LogP contribution in [-0.2, 0) is 25.0 Å². The molecule has 0 radical (unpaired) electrons. The Bertz CT molecular complexity index is 560. The first-order valence-corrected chi connectivity index (χ1v) is 8.14. The van der Waals surface area contributed by atoms with Gasteiger partial charge >= 0.3 is 0 Å². The largest absolute Gasteiger partial charge is 0.300 e. The van der Waals surface area contributed by atoms with Crippen molar-refractivity contribution >= 4 is 22.9 Å². The van der Waals surface area contributed by atoms with Gasteiger partial charge in [0.05, 0.1) is 21.9 Å². The molecule has 4 nitrogen and oxygen atoms in total. The van der Waals surface area contributed by atoms with E-state index >= 15 is 0 Å². The number of hydrogen-bond donors (Lipinski definition) is 1. The second-order valence-electron chi connectivity index (χ2n) is 5.19. The second kappa shape index (κ2) is 6.24. The minimum Gasteiger partial charge on any atom is -0.300 e. The fraction of sp³-hybridized carbons (Fsp3) is 0.571. The Labute approximate surface area is 129 Å². The van der Waals surface area contributed by atoms with E-state index < -0.39 is 0 Å². The lowest BCUT2D eigenvalue weighted by molar-refractivity contribution is 0.390. The molecular formula is C14H21ClN4S. The van der Waals surface area contributed by atoms with Gasteiger partial charge in [0.25, 0.3) is 0 Å². The van der Waals surface area contributed by atoms with Crippen LogP contribution in [0.1, 0.15) is 44.1 Å². The first kappa shape index (κ1) is 15.5. The highest BCUT2D eigenvalue weighted by atomic mass is 35.5. The van der Waals surface area contributed by atoms with Crippen LogP contribution in [-0.4, -0.2) is 14.8 Å². The molecule has 2 rings (SSSR count). The summed E-state index contributed by atoms with van der Waals surface area (Å²) in [4.78, 5) is 4.39. The number of nitrogens with one attached hydrogen (secondary N) is 1. The van der Waals surface area contributed by atoms with Gasteiger partial charge in [-0.25, -0.2) is 4.98 Å². The Morgan fingerprint density at radius 1 is 1.40 bits per heavy atom. The number of nitrogens with zero attached hydrogens (tertiary/aromatic N) is 3. The third-order valence-electron chi connectivity index (χ3n) is 3.36. The molecule has 2 aromatic heterocycles. The van der Waals surface area contributed by atoms with E-state index in [2.05, 4.69) is 43.1 Å². The van der Waals surface area contributed by atoms with Crippen molar-refractivity contribution in [1.29, 1.82) is 0 Å². The molecule has 0 saturated heterocycles. The Balaban J connectivity index is 2.17. The lowest BCUT2D eigenvalue weighted by Crippen LogP contribution is -2.36. The molecule has 110 valence electrons. The van der Waals surface area contributed by atoms with Crippen LogP contribution >= 0.6 is 22.9 Å². The standard InChI is InChI=1S/C14H21ClN4S/c1-5-10-12(15)11(19(6-2)18-10)9-17-14(3,4)13-16-7-8-20-13/h7-8,17H,5-6,9H2,1-4H3. The fourth-order valence-corrected chi connectivity index (χ4v) is 3.17. The summed E-state index contributed by atoms with van der Waals surface area (Å²) in [7, 11) is 0. The van der Waals surface area contributed by atoms with E-state index in [9.17, 15) is 0 Å². The minimum atomic E-state index is -0.174. The van der Waals surface area contributed by atoms with Crippen molar-refractivity contribution in [3.8, 4) is 0 Å². The summed E-state index contributed by atoms with van der Waals surface area (Å²) < 4.78 is 1.98. The van der Waals surface area contributed by atoms with Crippen LogP contribution < -0.4 is 5.32 Å². The van der Waals surface area contributed by atoms with E-state index in [0.29, 0.717) is 6.54 Å². The highest BCUT2D eigenvalue weighted by Gasteiger charge is 2.24. The number of rotatable bonds is 6. The quantitative estimate of drug-likeness (QED) is 0.886. The topological polar surface area (TPSA) is 42.7 Å². The maximum atomic E-state index is 6.43. The molecule has 0 amide bonds. The monoisotopic (exact) mass is 312 g/mol. The SMILES string of the molecule is CCc1nn(CC)c(CNC(C)(C)c2nccs2)c1Cl. The minimum absolute atomic E-state index is 0.174. The molecule has 0 aliphatic heterocycles. The summed E-state index contributed by atoms with van der Waals surface area (Å²) in [5, 5.41) is 11.9. The predicted molar refractivity (Wildman–Crippen MR) is 84.3 cm³/mol. The average molecular weight is 313 g/mol. The number of thiazole rings is 1. The normalized spacial score (nSPS) is 12.1. The van der Waals surface area contributed by atoms with E-state index in [1.165, 1.54) is 0 Å². The molecular weight excluding hydrogens is 292 g/mol. The molecule has 0 bridgehead atoms. The lowest BCUT2D eigenvalue weighted by atomic mass is 10.1. The van der Waals surface area contributed by atoms with Gasteiger partial charge in [0.2, 0.25) is 0 Å². The van der Waals surface area contributed by atoms with Crippen molar-refractivity contribution < 1.29 is 0 Å². The van der Waals surface area contributed by atoms with E-state index in [0.717, 1.165) is 34.4 Å². The molecule has 2 heterocycles. The summed E-state index contributed by atoms with van der Waals surface area (Å²) >= 11 is 8.09. The zero-order valence-electron chi connectivity index (χ0n) is 12.4. The van der Waals surface area contributed by atoms with Gasteiger partial charge in [-0.2, -0.15) is 5.10 Å². The van der Waals surface area contributed by atoms with Gasteiger partial charge in [-0.3, -0.25) is 4.68 Å². The Morgan fingerprint density at radius 2 is 2.15 bits per heavy atom. The Morgan fingerprint density at radius 3 is 2.70 bits per heavy atom. The summed E-state index contributed by atoms with van der Waals surface area (Å²) in [5.74, 6) is 0. The van der Waals surface area contributed by atoms with Gasteiger partial charge in [0.15, 0.2) is 0 Å². The molecule has 1 N–H and O–H groups in total. The second-order valence-corrected chi connectivity index (χ2v) is 6.47. The molecule has 6 heteroatoms. The summed E-state index contributed by atoms with van der Waals surface area (Å²) in [6.07, 6.45) is 2.69. The molecule has 0 atom stereocenters. The maximum absolute atomic E-state index is 6.43. The molecule has 0 saturated carbocycles. The third-order valence-corrected chi connectivity index (χ3v) is 4.89. The highest BCUT2D eigenvalue weighted by molar-refractivity contribution is 7.09. The summed E-state index contributed by atoms with van der Waals surface area (Å²) in [6.45, 7) is 9.93. The van der Waals surface area contributed by atoms with Crippen LogP contribution in [0.25, 0.3) is 0 Å². The first-order valence-electron chi connectivity index (χ1n) is 6.88. The first-order chi connectivity index (χ1) is 9.49. The van der Waals surface area contributed by atoms with Crippen LogP contribution in [0.3, 0.4) is 0 Å². The summed E-state index contributed by atoms with van der Waals surface area (Å²) in [6, 6.07) is 0. The zero-order chi connectivity index (χ0) is 14.8. The van der Waals surface area contributed by atoms with Gasteiger partial charge in [-0.1, -0.05) is 18.5 Å². The third kappa shape index (κ3) is 3.05. The van der Waals surface area contributed by atoms with Gasteiger partial charge in [-0.15, -0.1) is 11.3 Å². The predicted octanol–water partition coefficient (Wildman–Crippen LogP) is 3.60. The van der Waals surface area contributed by atoms with Crippen molar-refractivity contribution in [1.82, 2.24) is 20.1 Å². The number of aromatic nitrogens is 3. The number of aryl methyl sites for hydroxylation is 2. The van der Waals surface area contributed by atoms with Crippen molar-refractivity contribution in [3.05, 3.63) is 33.0 Å². The van der Waals surface area contributed by atoms with Gasteiger partial charge in [0.1, 0.15) is 5.01 Å². The van der Waals surface area contributed by atoms with E-state index in [1.54, 1.807) is 11.3 Å². The van der Waals surface area contributed by atoms with Crippen LogP contribution in [0.5, 0.6) is 0 Å². The highest BCUT2D eigenvalue weighted by Crippen LogP contribution is 2.25. The van der Waals surface area contributed by atoms with Crippen LogP contribution in [0.4, 0.5) is 0 Å². The smallest absolute Gasteiger partial charge is 0.112 e. The maximum Gasteiger partial charge on any atom is 0.112 e. The molecule has 0 aliphatic carbocycles. The lowest BCUT2D eigenvalue weighted by Gasteiger charge is -2.24. The van der Waals surface area contributed by atoms with E-state index in [-0.39, 0.29) is 5.54 Å². The van der Waals surface area contributed by atoms with Crippen LogP contribution in [0, 0.1) is 0 Å². The van der Waals surface area contributed by atoms with E-state index in [1.807, 2.05) is 16.3 Å². The fourth-order valence-electron chi connectivity index (χ4n) is 2.10. The van der Waals surface area contributed by atoms with Crippen molar-refractivity contribution in [3.63, 3.8) is 0 Å². The van der Waals surface area contributed by atoms with Gasteiger partial charge in [0, 0.05) is 24.7 Å². The molecule has 0 aromatic carbocycles. The molecule has 0 unspecified atom stereocenters. The van der Waals surface area contributed by atoms with E-state index in [4.69, 9.17) is 11.6 Å². The molecule has 0 aliphatic rings. The Kier molecular flexibility index (Phi) is 4.83. The van der Waals surface area contributed by atoms with Gasteiger partial charge < -0.3 is 5.32 Å². The average Bonchev–Trinajstić information content (AvgIpc) is 3.04. The molecule has 20 heavy (non-hydrogen) atoms. The van der Waals surface area contributed by atoms with Crippen molar-refractivity contribution in [2.75, 3.05) is 0 Å². The van der Waals surface area contributed by atoms with Crippen molar-refractivity contribution in [2.45, 2.75) is 52.7 Å². The zero-order valence-corrected chi connectivity index (χ0v) is 14.0. The van der Waals surface area contributed by atoms with Crippen molar-refractivity contribution in [2.24, 2.45) is 0 Å². The Hall–Kier alpha value is -0.910. The van der Waals surface area contributed by atoms with Gasteiger partial charge in [-0.05, 0) is 27.2 Å². The summed E-state index contributed by atoms with van der Waals surface area (Å²) in [5.41, 5.74) is 1.85. The van der Waals surface area contributed by atoms with Crippen LogP contribution in [0.2, 0.25) is 5.02 Å². The van der Waals surface area contributed by atoms with Crippen LogP contribution in [0.15, 0.2) is 11.6 Å². The number of hydrogen-bond acceptors (Lipinski definition) is 4. The molecule has 0 fully saturated rings.